The minimum absolute atomic E-state index is 0.0505. The molecule has 1 aliphatic heterocycles. The standard InChI is InChI=1S/C20H22N4OS/c1-23-13-17(12-21-23)19-22-18(14-26-19)20(25)24-9-7-16(8-10-24)11-15-5-3-2-4-6-15/h2-6,12-14,16H,7-11H2,1H3. The van der Waals surface area contributed by atoms with E-state index in [2.05, 4.69) is 40.4 Å². The molecule has 0 radical (unpaired) electrons. The zero-order valence-electron chi connectivity index (χ0n) is 14.8. The summed E-state index contributed by atoms with van der Waals surface area (Å²) in [4.78, 5) is 19.2. The molecule has 4 rings (SSSR count). The van der Waals surface area contributed by atoms with Crippen molar-refractivity contribution in [3.05, 3.63) is 59.4 Å². The fourth-order valence-corrected chi connectivity index (χ4v) is 4.26. The van der Waals surface area contributed by atoms with Crippen LogP contribution in [-0.2, 0) is 13.5 Å². The van der Waals surface area contributed by atoms with Gasteiger partial charge in [-0.15, -0.1) is 11.3 Å². The van der Waals surface area contributed by atoms with Crippen LogP contribution in [0.4, 0.5) is 0 Å². The number of hydrogen-bond donors (Lipinski definition) is 0. The number of nitrogens with zero attached hydrogens (tertiary/aromatic N) is 4. The highest BCUT2D eigenvalue weighted by Gasteiger charge is 2.25. The molecule has 0 saturated carbocycles. The van der Waals surface area contributed by atoms with Gasteiger partial charge in [0.15, 0.2) is 0 Å². The average Bonchev–Trinajstić information content (AvgIpc) is 3.32. The second-order valence-electron chi connectivity index (χ2n) is 6.87. The minimum Gasteiger partial charge on any atom is -0.337 e. The number of rotatable bonds is 4. The summed E-state index contributed by atoms with van der Waals surface area (Å²) < 4.78 is 1.75. The topological polar surface area (TPSA) is 51.0 Å². The molecule has 0 bridgehead atoms. The maximum Gasteiger partial charge on any atom is 0.273 e. The molecule has 26 heavy (non-hydrogen) atoms. The van der Waals surface area contributed by atoms with E-state index in [4.69, 9.17) is 0 Å². The Bertz CT molecular complexity index is 878. The molecule has 3 aromatic rings. The first-order valence-electron chi connectivity index (χ1n) is 8.97. The fourth-order valence-electron chi connectivity index (χ4n) is 3.49. The van der Waals surface area contributed by atoms with Crippen LogP contribution in [-0.4, -0.2) is 38.7 Å². The maximum atomic E-state index is 12.8. The van der Waals surface area contributed by atoms with Gasteiger partial charge in [0.1, 0.15) is 10.7 Å². The number of amides is 1. The predicted octanol–water partition coefficient (Wildman–Crippen LogP) is 3.64. The molecule has 1 amide bonds. The summed E-state index contributed by atoms with van der Waals surface area (Å²) in [5, 5.41) is 6.88. The molecule has 0 atom stereocenters. The van der Waals surface area contributed by atoms with E-state index in [9.17, 15) is 4.79 Å². The molecule has 2 aromatic heterocycles. The van der Waals surface area contributed by atoms with Crippen LogP contribution in [0.25, 0.3) is 10.6 Å². The van der Waals surface area contributed by atoms with Gasteiger partial charge in [-0.1, -0.05) is 30.3 Å². The summed E-state index contributed by atoms with van der Waals surface area (Å²) in [6.07, 6.45) is 6.91. The van der Waals surface area contributed by atoms with Gasteiger partial charge in [0.25, 0.3) is 5.91 Å². The quantitative estimate of drug-likeness (QED) is 0.708. The van der Waals surface area contributed by atoms with Crippen LogP contribution in [0.3, 0.4) is 0 Å². The Labute approximate surface area is 157 Å². The van der Waals surface area contributed by atoms with Crippen molar-refractivity contribution >= 4 is 17.2 Å². The molecular weight excluding hydrogens is 344 g/mol. The molecular formula is C20H22N4OS. The van der Waals surface area contributed by atoms with Crippen molar-refractivity contribution in [1.29, 1.82) is 0 Å². The van der Waals surface area contributed by atoms with Crippen LogP contribution in [0.5, 0.6) is 0 Å². The second kappa shape index (κ2) is 7.41. The maximum absolute atomic E-state index is 12.8. The highest BCUT2D eigenvalue weighted by atomic mass is 32.1. The van der Waals surface area contributed by atoms with Gasteiger partial charge in [0.2, 0.25) is 0 Å². The van der Waals surface area contributed by atoms with Crippen molar-refractivity contribution < 1.29 is 4.79 Å². The van der Waals surface area contributed by atoms with Gasteiger partial charge >= 0.3 is 0 Å². The van der Waals surface area contributed by atoms with Crippen LogP contribution < -0.4 is 0 Å². The lowest BCUT2D eigenvalue weighted by atomic mass is 9.90. The number of carbonyl (C=O) groups is 1. The Morgan fingerprint density at radius 3 is 2.69 bits per heavy atom. The van der Waals surface area contributed by atoms with E-state index in [1.54, 1.807) is 10.9 Å². The number of piperidine rings is 1. The zero-order chi connectivity index (χ0) is 17.9. The van der Waals surface area contributed by atoms with Crippen molar-refractivity contribution in [2.24, 2.45) is 13.0 Å². The predicted molar refractivity (Wildman–Crippen MR) is 103 cm³/mol. The van der Waals surface area contributed by atoms with Gasteiger partial charge in [-0.3, -0.25) is 9.48 Å². The molecule has 3 heterocycles. The highest BCUT2D eigenvalue weighted by Crippen LogP contribution is 2.26. The van der Waals surface area contributed by atoms with E-state index in [0.29, 0.717) is 11.6 Å². The first kappa shape index (κ1) is 17.0. The molecule has 5 nitrogen and oxygen atoms in total. The van der Waals surface area contributed by atoms with Gasteiger partial charge in [-0.25, -0.2) is 4.98 Å². The molecule has 0 aliphatic carbocycles. The normalized spacial score (nSPS) is 15.3. The van der Waals surface area contributed by atoms with Gasteiger partial charge < -0.3 is 4.90 Å². The fraction of sp³-hybridized carbons (Fsp3) is 0.350. The monoisotopic (exact) mass is 366 g/mol. The van der Waals surface area contributed by atoms with Crippen molar-refractivity contribution in [2.75, 3.05) is 13.1 Å². The van der Waals surface area contributed by atoms with Gasteiger partial charge in [0.05, 0.1) is 6.20 Å². The highest BCUT2D eigenvalue weighted by molar-refractivity contribution is 7.13. The largest absolute Gasteiger partial charge is 0.337 e. The van der Waals surface area contributed by atoms with E-state index in [-0.39, 0.29) is 5.91 Å². The van der Waals surface area contributed by atoms with Crippen LogP contribution in [0, 0.1) is 5.92 Å². The third kappa shape index (κ3) is 3.70. The van der Waals surface area contributed by atoms with Crippen molar-refractivity contribution in [2.45, 2.75) is 19.3 Å². The number of aromatic nitrogens is 3. The average molecular weight is 366 g/mol. The SMILES string of the molecule is Cn1cc(-c2nc(C(=O)N3CCC(Cc4ccccc4)CC3)cs2)cn1. The Kier molecular flexibility index (Phi) is 4.84. The summed E-state index contributed by atoms with van der Waals surface area (Å²) in [5.74, 6) is 0.706. The van der Waals surface area contributed by atoms with E-state index in [1.165, 1.54) is 16.9 Å². The third-order valence-corrected chi connectivity index (χ3v) is 5.84. The molecule has 134 valence electrons. The number of aryl methyl sites for hydroxylation is 1. The molecule has 1 saturated heterocycles. The number of hydrogen-bond acceptors (Lipinski definition) is 4. The van der Waals surface area contributed by atoms with E-state index in [0.717, 1.165) is 42.9 Å². The van der Waals surface area contributed by atoms with Gasteiger partial charge in [0, 0.05) is 37.3 Å². The van der Waals surface area contributed by atoms with E-state index in [1.807, 2.05) is 23.5 Å². The zero-order valence-corrected chi connectivity index (χ0v) is 15.7. The molecule has 0 unspecified atom stereocenters. The van der Waals surface area contributed by atoms with Crippen LogP contribution in [0.1, 0.15) is 28.9 Å². The van der Waals surface area contributed by atoms with Gasteiger partial charge in [-0.2, -0.15) is 5.10 Å². The second-order valence-corrected chi connectivity index (χ2v) is 7.72. The summed E-state index contributed by atoms with van der Waals surface area (Å²) in [6, 6.07) is 10.6. The Hall–Kier alpha value is -2.47. The van der Waals surface area contributed by atoms with E-state index >= 15 is 0 Å². The number of carbonyl (C=O) groups excluding carboxylic acids is 1. The smallest absolute Gasteiger partial charge is 0.273 e. The first-order chi connectivity index (χ1) is 12.7. The molecule has 6 heteroatoms. The van der Waals surface area contributed by atoms with Crippen LogP contribution in [0.15, 0.2) is 48.1 Å². The van der Waals surface area contributed by atoms with Crippen molar-refractivity contribution in [3.8, 4) is 10.6 Å². The summed E-state index contributed by atoms with van der Waals surface area (Å²) in [5.41, 5.74) is 2.89. The van der Waals surface area contributed by atoms with Crippen LogP contribution >= 0.6 is 11.3 Å². The van der Waals surface area contributed by atoms with Gasteiger partial charge in [-0.05, 0) is 30.7 Å². The van der Waals surface area contributed by atoms with Crippen molar-refractivity contribution in [1.82, 2.24) is 19.7 Å². The third-order valence-electron chi connectivity index (χ3n) is 4.94. The lowest BCUT2D eigenvalue weighted by Gasteiger charge is -2.31. The molecule has 1 aliphatic rings. The van der Waals surface area contributed by atoms with Crippen molar-refractivity contribution in [3.63, 3.8) is 0 Å². The number of benzene rings is 1. The molecule has 0 spiro atoms. The summed E-state index contributed by atoms with van der Waals surface area (Å²) in [7, 11) is 1.88. The molecule has 1 aromatic carbocycles. The number of thiazole rings is 1. The summed E-state index contributed by atoms with van der Waals surface area (Å²) >= 11 is 1.50. The lowest BCUT2D eigenvalue weighted by Crippen LogP contribution is -2.39. The van der Waals surface area contributed by atoms with Crippen LogP contribution in [0.2, 0.25) is 0 Å². The lowest BCUT2D eigenvalue weighted by molar-refractivity contribution is 0.0685. The minimum atomic E-state index is 0.0505. The first-order valence-corrected chi connectivity index (χ1v) is 9.85. The summed E-state index contributed by atoms with van der Waals surface area (Å²) in [6.45, 7) is 1.63. The number of likely N-dealkylation sites (tertiary alicyclic amines) is 1. The Balaban J connectivity index is 1.36. The Morgan fingerprint density at radius 2 is 2.00 bits per heavy atom. The molecule has 1 fully saturated rings. The molecule has 0 N–H and O–H groups in total. The van der Waals surface area contributed by atoms with E-state index < -0.39 is 0 Å². The Morgan fingerprint density at radius 1 is 1.23 bits per heavy atom.